The number of piperidine rings is 2. The number of likely N-dealkylation sites (tertiary alicyclic amines) is 2. The molecule has 2 aromatic heterocycles. The number of unbranched alkanes of at least 4 members (excludes halogenated alkanes) is 3. The first-order valence-corrected chi connectivity index (χ1v) is 21.3. The number of imidazole rings is 1. The second-order valence-corrected chi connectivity index (χ2v) is 15.4. The van der Waals surface area contributed by atoms with E-state index in [4.69, 9.17) is 47.6 Å². The molecule has 3 aromatic rings. The van der Waals surface area contributed by atoms with Gasteiger partial charge in [-0.15, -0.1) is 0 Å². The summed E-state index contributed by atoms with van der Waals surface area (Å²) in [6, 6.07) is 5.99. The number of aliphatic carboxylic acids is 1. The number of carbonyl (C=O) groups excluding carboxylic acids is 4. The number of amides is 2. The summed E-state index contributed by atoms with van der Waals surface area (Å²) in [7, 11) is 0. The maximum atomic E-state index is 13.4. The van der Waals surface area contributed by atoms with Crippen molar-refractivity contribution in [3.63, 3.8) is 0 Å². The number of ether oxygens (including phenoxy) is 1. The molecule has 0 spiro atoms. The van der Waals surface area contributed by atoms with E-state index in [1.54, 1.807) is 0 Å². The topological polar surface area (TPSA) is 243 Å². The number of halogens is 4. The quantitative estimate of drug-likeness (QED) is 0.0638. The molecular weight excluding hydrogens is 839 g/mol. The number of rotatable bonds is 17. The van der Waals surface area contributed by atoms with Gasteiger partial charge < -0.3 is 46.3 Å². The molecule has 0 radical (unpaired) electrons. The molecule has 17 nitrogen and oxygen atoms in total. The van der Waals surface area contributed by atoms with Crippen LogP contribution in [0.15, 0.2) is 18.2 Å². The summed E-state index contributed by atoms with van der Waals surface area (Å²) in [4.78, 5) is 68.8. The molecule has 2 saturated heterocycles. The minimum Gasteiger partial charge on any atom is -0.554 e. The number of hydrogen-bond donors (Lipinski definition) is 4. The Balaban J connectivity index is 0.000000919. The number of nitrogen functional groups attached to an aromatic ring is 2. The monoisotopic (exact) mass is 897 g/mol. The largest absolute Gasteiger partial charge is 0.554 e. The average molecular weight is 898 g/mol. The number of aromatic nitrogens is 4. The van der Waals surface area contributed by atoms with Crippen LogP contribution in [-0.4, -0.2) is 112 Å². The number of nitrogens with two attached hydrogens (primary N) is 2. The van der Waals surface area contributed by atoms with E-state index in [9.17, 15) is 27.6 Å². The Hall–Kier alpha value is -5.24. The van der Waals surface area contributed by atoms with Gasteiger partial charge in [0.1, 0.15) is 24.1 Å². The zero-order valence-corrected chi connectivity index (χ0v) is 36.3. The zero-order valence-electron chi connectivity index (χ0n) is 35.6. The number of anilines is 2. The Morgan fingerprint density at radius 1 is 1.02 bits per heavy atom. The summed E-state index contributed by atoms with van der Waals surface area (Å²) in [5, 5.41) is 18.2. The highest BCUT2D eigenvalue weighted by atomic mass is 35.5. The van der Waals surface area contributed by atoms with Gasteiger partial charge in [-0.05, 0) is 70.8 Å². The van der Waals surface area contributed by atoms with Crippen LogP contribution < -0.4 is 31.2 Å². The first-order valence-electron chi connectivity index (χ1n) is 20.9. The lowest BCUT2D eigenvalue weighted by Gasteiger charge is -2.31. The third-order valence-corrected chi connectivity index (χ3v) is 11.1. The number of nitrogens with one attached hydrogen (secondary N) is 1. The van der Waals surface area contributed by atoms with E-state index >= 15 is 0 Å². The molecule has 0 atom stereocenters. The summed E-state index contributed by atoms with van der Waals surface area (Å²) in [6.07, 6.45) is 4.73. The molecule has 0 bridgehead atoms. The van der Waals surface area contributed by atoms with Crippen molar-refractivity contribution >= 4 is 64.3 Å². The maximum absolute atomic E-state index is 13.4. The van der Waals surface area contributed by atoms with Gasteiger partial charge >= 0.3 is 18.2 Å². The maximum Gasteiger partial charge on any atom is 0.490 e. The van der Waals surface area contributed by atoms with Crippen LogP contribution in [0.3, 0.4) is 0 Å². The van der Waals surface area contributed by atoms with Gasteiger partial charge in [-0.1, -0.05) is 37.8 Å². The molecule has 0 aliphatic carbocycles. The number of Topliss-reactive ketones (excluding diaryl/α,β-unsaturated/α-hetero) is 2. The summed E-state index contributed by atoms with van der Waals surface area (Å²) in [6.45, 7) is 11.6. The molecule has 2 amide bonds. The van der Waals surface area contributed by atoms with Crippen LogP contribution in [0.2, 0.25) is 5.15 Å². The third kappa shape index (κ3) is 15.0. The van der Waals surface area contributed by atoms with Gasteiger partial charge in [0.2, 0.25) is 0 Å². The number of alkyl halides is 3. The molecule has 2 fully saturated rings. The van der Waals surface area contributed by atoms with Gasteiger partial charge in [0.15, 0.2) is 39.4 Å². The average Bonchev–Trinajstić information content (AvgIpc) is 3.55. The zero-order chi connectivity index (χ0) is 46.0. The minimum atomic E-state index is -5.08. The van der Waals surface area contributed by atoms with Gasteiger partial charge in [-0.3, -0.25) is 9.59 Å². The van der Waals surface area contributed by atoms with Gasteiger partial charge in [0, 0.05) is 57.9 Å². The van der Waals surface area contributed by atoms with Crippen LogP contribution in [0.5, 0.6) is 5.75 Å². The molecule has 344 valence electrons. The number of urea groups is 1. The fraction of sp³-hybridized carbons (Fsp3) is 0.610. The molecule has 6 N–H and O–H groups in total. The molecule has 2 aliphatic rings. The fourth-order valence-corrected chi connectivity index (χ4v) is 7.87. The lowest BCUT2D eigenvalue weighted by molar-refractivity contribution is -0.676. The van der Waals surface area contributed by atoms with E-state index in [0.717, 1.165) is 62.2 Å². The fourth-order valence-electron chi connectivity index (χ4n) is 7.74. The minimum absolute atomic E-state index is 0.00784. The van der Waals surface area contributed by atoms with Gasteiger partial charge in [-0.2, -0.15) is 13.2 Å². The number of fused-ring (bicyclic) bond motifs is 1. The standard InChI is InChI=1S/C38H56ClN9O4.C2HF3O2.CH2O2/c1-4-7-8-9-18-45-19-14-26(15-20-45)23-28(49)25-52-29-10-11-30-31(24-29)48(27-16-21-46(22-17-27)38(51)42-5-2)33(47(30)6-3)13-12-32(50)34-36(40)44-37(41)35(39)43-34;3-2(4,5)1(6)7;2-1-3/h10-11,24,26-27H,4-9,12-23,25H2,1-3H3,(H4-,40,41,42,44,50,51);(H,6,7);1H,(H,2,3). The van der Waals surface area contributed by atoms with Crippen LogP contribution in [0.4, 0.5) is 29.6 Å². The van der Waals surface area contributed by atoms with Crippen LogP contribution in [0, 0.1) is 5.92 Å². The first-order chi connectivity index (χ1) is 29.5. The Labute approximate surface area is 363 Å². The van der Waals surface area contributed by atoms with E-state index in [2.05, 4.69) is 43.2 Å². The number of benzene rings is 1. The summed E-state index contributed by atoms with van der Waals surface area (Å²) >= 11 is 6.08. The molecule has 0 saturated carbocycles. The van der Waals surface area contributed by atoms with Crippen molar-refractivity contribution in [3.8, 4) is 5.75 Å². The van der Waals surface area contributed by atoms with Gasteiger partial charge in [0.25, 0.3) is 5.82 Å². The SMILES string of the molecule is CCCCCCN1CCC(CC(=O)COc2ccc3c(c2)n(C2CCN(C(=O)NCC)CC2)c(CCC(=O)c2nc(Cl)c(N)nc2N)[n+]3CC)CC1.O=C(O)C(F)(F)F.O=C[O-]. The number of aryl methyl sites for hydroxylation is 1. The summed E-state index contributed by atoms with van der Waals surface area (Å²) in [5.74, 6) is -0.965. The number of carboxylic acid groups (broad SMARTS) is 2. The van der Waals surface area contributed by atoms with Crippen molar-refractivity contribution < 1.29 is 56.7 Å². The second kappa shape index (κ2) is 25.0. The lowest BCUT2D eigenvalue weighted by Crippen LogP contribution is -2.45. The first kappa shape index (κ1) is 51.1. The summed E-state index contributed by atoms with van der Waals surface area (Å²) < 4.78 is 42.4. The Bertz CT molecular complexity index is 1970. The van der Waals surface area contributed by atoms with E-state index in [-0.39, 0.29) is 59.1 Å². The van der Waals surface area contributed by atoms with Crippen molar-refractivity contribution in [2.45, 2.75) is 110 Å². The van der Waals surface area contributed by atoms with Crippen LogP contribution in [-0.2, 0) is 27.3 Å². The van der Waals surface area contributed by atoms with Crippen molar-refractivity contribution in [2.75, 3.05) is 57.3 Å². The number of hydrogen-bond acceptors (Lipinski definition) is 12. The molecule has 62 heavy (non-hydrogen) atoms. The summed E-state index contributed by atoms with van der Waals surface area (Å²) in [5.41, 5.74) is 13.7. The Morgan fingerprint density at radius 2 is 1.66 bits per heavy atom. The normalized spacial score (nSPS) is 14.9. The van der Waals surface area contributed by atoms with Crippen LogP contribution in [0.25, 0.3) is 11.0 Å². The predicted molar refractivity (Wildman–Crippen MR) is 223 cm³/mol. The van der Waals surface area contributed by atoms with E-state index in [1.165, 1.54) is 25.7 Å². The van der Waals surface area contributed by atoms with E-state index in [0.29, 0.717) is 50.7 Å². The third-order valence-electron chi connectivity index (χ3n) is 10.8. The number of ketones is 2. The molecule has 4 heterocycles. The van der Waals surface area contributed by atoms with Crippen molar-refractivity contribution in [2.24, 2.45) is 5.92 Å². The highest BCUT2D eigenvalue weighted by Crippen LogP contribution is 2.32. The Kier molecular flexibility index (Phi) is 20.6. The predicted octanol–water partition coefficient (Wildman–Crippen LogP) is 4.37. The number of carboxylic acids is 1. The van der Waals surface area contributed by atoms with Crippen molar-refractivity contribution in [3.05, 3.63) is 34.9 Å². The smallest absolute Gasteiger partial charge is 0.490 e. The number of carbonyl (C=O) groups is 5. The van der Waals surface area contributed by atoms with Crippen molar-refractivity contribution in [1.29, 1.82) is 0 Å². The molecule has 5 rings (SSSR count). The molecule has 2 aliphatic heterocycles. The van der Waals surface area contributed by atoms with Crippen LogP contribution >= 0.6 is 11.6 Å². The van der Waals surface area contributed by atoms with Gasteiger partial charge in [-0.25, -0.2) is 28.7 Å². The molecule has 21 heteroatoms. The van der Waals surface area contributed by atoms with Crippen molar-refractivity contribution in [1.82, 2.24) is 29.7 Å². The molecular formula is C41H59ClF3N9O8. The highest BCUT2D eigenvalue weighted by molar-refractivity contribution is 6.31. The van der Waals surface area contributed by atoms with Crippen LogP contribution in [0.1, 0.15) is 107 Å². The molecule has 0 unspecified atom stereocenters. The molecule has 1 aromatic carbocycles. The van der Waals surface area contributed by atoms with E-state index in [1.807, 2.05) is 30.0 Å². The lowest BCUT2D eigenvalue weighted by atomic mass is 9.91. The second-order valence-electron chi connectivity index (χ2n) is 15.1. The Morgan fingerprint density at radius 3 is 2.24 bits per heavy atom. The highest BCUT2D eigenvalue weighted by Gasteiger charge is 2.38. The van der Waals surface area contributed by atoms with Gasteiger partial charge in [0.05, 0.1) is 13.0 Å². The van der Waals surface area contributed by atoms with E-state index < -0.39 is 18.6 Å². The number of nitrogens with zero attached hydrogens (tertiary/aromatic N) is 6.